The Hall–Kier alpha value is -0.460. The molecule has 0 aliphatic carbocycles. The Kier molecular flexibility index (Phi) is 3.61. The summed E-state index contributed by atoms with van der Waals surface area (Å²) in [4.78, 5) is 11.9. The molecule has 0 saturated carbocycles. The largest absolute Gasteiger partial charge is 0.336 e. The molecule has 1 amide bonds. The molecule has 3 nitrogen and oxygen atoms in total. The first-order chi connectivity index (χ1) is 7.58. The quantitative estimate of drug-likeness (QED) is 0.800. The van der Waals surface area contributed by atoms with Crippen molar-refractivity contribution < 1.29 is 9.18 Å². The molecule has 1 unspecified atom stereocenters. The highest BCUT2D eigenvalue weighted by Crippen LogP contribution is 2.17. The van der Waals surface area contributed by atoms with Gasteiger partial charge in [0, 0.05) is 12.1 Å². The summed E-state index contributed by atoms with van der Waals surface area (Å²) in [5, 5.41) is 5.79. The third-order valence-electron chi connectivity index (χ3n) is 2.36. The van der Waals surface area contributed by atoms with Crippen LogP contribution in [-0.2, 0) is 0 Å². The molecule has 1 aromatic rings. The molecule has 1 aliphatic rings. The molecule has 1 fully saturated rings. The van der Waals surface area contributed by atoms with E-state index in [1.54, 1.807) is 6.07 Å². The Bertz CT molecular complexity index is 427. The van der Waals surface area contributed by atoms with Crippen LogP contribution in [0.15, 0.2) is 22.7 Å². The van der Waals surface area contributed by atoms with Crippen molar-refractivity contribution in [1.29, 1.82) is 0 Å². The lowest BCUT2D eigenvalue weighted by atomic mass is 10.1. The number of amides is 1. The number of hydrogen-bond donors (Lipinski definition) is 2. The first-order valence-electron chi connectivity index (χ1n) is 4.71. The smallest absolute Gasteiger partial charge is 0.252 e. The first kappa shape index (κ1) is 12.0. The first-order valence-corrected chi connectivity index (χ1v) is 6.42. The highest BCUT2D eigenvalue weighted by atomic mass is 79.9. The molecular formula is C10H9Br2FN2O. The van der Waals surface area contributed by atoms with Crippen molar-refractivity contribution in [2.75, 3.05) is 6.54 Å². The maximum atomic E-state index is 13.2. The number of carbonyl (C=O) groups excluding carboxylic acids is 1. The molecule has 6 heteroatoms. The monoisotopic (exact) mass is 350 g/mol. The zero-order valence-electron chi connectivity index (χ0n) is 8.14. The van der Waals surface area contributed by atoms with Crippen molar-refractivity contribution in [1.82, 2.24) is 10.6 Å². The van der Waals surface area contributed by atoms with Gasteiger partial charge in [-0.1, -0.05) is 15.9 Å². The number of rotatable bonds is 2. The van der Waals surface area contributed by atoms with Crippen molar-refractivity contribution in [3.05, 3.63) is 34.1 Å². The van der Waals surface area contributed by atoms with E-state index >= 15 is 0 Å². The lowest BCUT2D eigenvalue weighted by Gasteiger charge is -2.34. The SMILES string of the molecule is O=C(NC1NC[C@H]1Br)c1ccc(Br)c(F)c1. The van der Waals surface area contributed by atoms with Crippen LogP contribution in [-0.4, -0.2) is 23.4 Å². The van der Waals surface area contributed by atoms with E-state index in [1.807, 2.05) is 0 Å². The minimum atomic E-state index is -0.440. The van der Waals surface area contributed by atoms with E-state index in [2.05, 4.69) is 42.5 Å². The van der Waals surface area contributed by atoms with Gasteiger partial charge in [-0.2, -0.15) is 0 Å². The van der Waals surface area contributed by atoms with E-state index in [1.165, 1.54) is 12.1 Å². The molecule has 0 radical (unpaired) electrons. The predicted molar refractivity (Wildman–Crippen MR) is 66.1 cm³/mol. The van der Waals surface area contributed by atoms with Gasteiger partial charge in [0.15, 0.2) is 0 Å². The molecule has 2 N–H and O–H groups in total. The average molecular weight is 352 g/mol. The second-order valence-electron chi connectivity index (χ2n) is 3.50. The van der Waals surface area contributed by atoms with E-state index < -0.39 is 5.82 Å². The maximum absolute atomic E-state index is 13.2. The summed E-state index contributed by atoms with van der Waals surface area (Å²) in [5.74, 6) is -0.724. The number of hydrogen-bond acceptors (Lipinski definition) is 2. The number of nitrogens with one attached hydrogen (secondary N) is 2. The van der Waals surface area contributed by atoms with E-state index in [0.29, 0.717) is 10.0 Å². The van der Waals surface area contributed by atoms with Gasteiger partial charge >= 0.3 is 0 Å². The number of halogens is 3. The number of alkyl halides is 1. The molecule has 0 bridgehead atoms. The minimum absolute atomic E-state index is 0.0841. The van der Waals surface area contributed by atoms with Crippen LogP contribution in [0.2, 0.25) is 0 Å². The molecule has 86 valence electrons. The molecule has 0 aromatic heterocycles. The maximum Gasteiger partial charge on any atom is 0.252 e. The Balaban J connectivity index is 2.06. The zero-order chi connectivity index (χ0) is 11.7. The summed E-state index contributed by atoms with van der Waals surface area (Å²) in [7, 11) is 0. The fourth-order valence-electron chi connectivity index (χ4n) is 1.33. The van der Waals surface area contributed by atoms with Crippen LogP contribution in [0.1, 0.15) is 10.4 Å². The van der Waals surface area contributed by atoms with Crippen molar-refractivity contribution >= 4 is 37.8 Å². The lowest BCUT2D eigenvalue weighted by molar-refractivity contribution is 0.0912. The fraction of sp³-hybridized carbons (Fsp3) is 0.300. The van der Waals surface area contributed by atoms with Gasteiger partial charge in [0.2, 0.25) is 0 Å². The highest BCUT2D eigenvalue weighted by molar-refractivity contribution is 9.10. The molecule has 2 atom stereocenters. The molecule has 16 heavy (non-hydrogen) atoms. The van der Waals surface area contributed by atoms with Crippen LogP contribution in [0.25, 0.3) is 0 Å². The van der Waals surface area contributed by atoms with Crippen molar-refractivity contribution in [2.45, 2.75) is 11.0 Å². The summed E-state index contributed by atoms with van der Waals surface area (Å²) in [6, 6.07) is 4.30. The predicted octanol–water partition coefficient (Wildman–Crippen LogP) is 2.01. The third-order valence-corrected chi connectivity index (χ3v) is 3.86. The van der Waals surface area contributed by atoms with Crippen LogP contribution < -0.4 is 10.6 Å². The minimum Gasteiger partial charge on any atom is -0.336 e. The normalized spacial score (nSPS) is 23.7. The second-order valence-corrected chi connectivity index (χ2v) is 5.53. The molecule has 1 aliphatic heterocycles. The van der Waals surface area contributed by atoms with Crippen molar-refractivity contribution in [3.8, 4) is 0 Å². The number of benzene rings is 1. The summed E-state index contributed by atoms with van der Waals surface area (Å²) in [6.45, 7) is 0.819. The van der Waals surface area contributed by atoms with Gasteiger partial charge in [-0.15, -0.1) is 0 Å². The molecule has 2 rings (SSSR count). The molecular weight excluding hydrogens is 343 g/mol. The Labute approximate surface area is 109 Å². The van der Waals surface area contributed by atoms with Crippen molar-refractivity contribution in [2.24, 2.45) is 0 Å². The van der Waals surface area contributed by atoms with Crippen LogP contribution in [0, 0.1) is 5.82 Å². The number of carbonyl (C=O) groups is 1. The van der Waals surface area contributed by atoms with Crippen LogP contribution in [0.5, 0.6) is 0 Å². The van der Waals surface area contributed by atoms with E-state index in [0.717, 1.165) is 6.54 Å². The van der Waals surface area contributed by atoms with Gasteiger partial charge in [-0.05, 0) is 34.1 Å². The standard InChI is InChI=1S/C10H9Br2FN2O/c11-6-2-1-5(3-8(6)13)10(16)15-9-7(12)4-14-9/h1-3,7,9,14H,4H2,(H,15,16)/t7-,9?/m1/s1. The topological polar surface area (TPSA) is 41.1 Å². The van der Waals surface area contributed by atoms with Gasteiger partial charge in [-0.3, -0.25) is 10.1 Å². The average Bonchev–Trinajstić information content (AvgIpc) is 2.27. The van der Waals surface area contributed by atoms with E-state index in [4.69, 9.17) is 0 Å². The molecule has 1 heterocycles. The van der Waals surface area contributed by atoms with Gasteiger partial charge in [0.05, 0.1) is 15.5 Å². The summed E-state index contributed by atoms with van der Waals surface area (Å²) in [6.07, 6.45) is -0.0841. The van der Waals surface area contributed by atoms with Crippen LogP contribution in [0.4, 0.5) is 4.39 Å². The lowest BCUT2D eigenvalue weighted by Crippen LogP contribution is -2.63. The molecule has 1 aromatic carbocycles. The van der Waals surface area contributed by atoms with Gasteiger partial charge in [0.25, 0.3) is 5.91 Å². The summed E-state index contributed by atoms with van der Waals surface area (Å²) in [5.41, 5.74) is 0.314. The van der Waals surface area contributed by atoms with E-state index in [-0.39, 0.29) is 16.9 Å². The fourth-order valence-corrected chi connectivity index (χ4v) is 2.08. The van der Waals surface area contributed by atoms with Crippen molar-refractivity contribution in [3.63, 3.8) is 0 Å². The Morgan fingerprint density at radius 1 is 1.56 bits per heavy atom. The van der Waals surface area contributed by atoms with Gasteiger partial charge in [0.1, 0.15) is 5.82 Å². The van der Waals surface area contributed by atoms with E-state index in [9.17, 15) is 9.18 Å². The Morgan fingerprint density at radius 2 is 2.31 bits per heavy atom. The highest BCUT2D eigenvalue weighted by Gasteiger charge is 2.29. The zero-order valence-corrected chi connectivity index (χ0v) is 11.3. The Morgan fingerprint density at radius 3 is 2.81 bits per heavy atom. The summed E-state index contributed by atoms with van der Waals surface area (Å²) >= 11 is 6.43. The summed E-state index contributed by atoms with van der Waals surface area (Å²) < 4.78 is 13.5. The molecule has 1 saturated heterocycles. The third kappa shape index (κ3) is 2.44. The van der Waals surface area contributed by atoms with Crippen LogP contribution >= 0.6 is 31.9 Å². The second kappa shape index (κ2) is 4.81. The molecule has 0 spiro atoms. The van der Waals surface area contributed by atoms with Gasteiger partial charge < -0.3 is 5.32 Å². The van der Waals surface area contributed by atoms with Crippen LogP contribution in [0.3, 0.4) is 0 Å². The van der Waals surface area contributed by atoms with Gasteiger partial charge in [-0.25, -0.2) is 4.39 Å².